The van der Waals surface area contributed by atoms with Crippen molar-refractivity contribution in [2.45, 2.75) is 64.0 Å². The molecule has 0 radical (unpaired) electrons. The van der Waals surface area contributed by atoms with Crippen molar-refractivity contribution in [1.29, 1.82) is 0 Å². The van der Waals surface area contributed by atoms with Gasteiger partial charge in [0.1, 0.15) is 0 Å². The molecular weight excluding hydrogens is 230 g/mol. The van der Waals surface area contributed by atoms with Crippen LogP contribution in [0.5, 0.6) is 0 Å². The molecule has 1 aliphatic carbocycles. The molecule has 0 aromatic heterocycles. The molecular formula is C18H27N. The topological polar surface area (TPSA) is 12.0 Å². The number of benzene rings is 1. The lowest BCUT2D eigenvalue weighted by Crippen LogP contribution is -2.48. The number of hydrogen-bond donors (Lipinski definition) is 1. The minimum absolute atomic E-state index is 0.277. The van der Waals surface area contributed by atoms with E-state index in [-0.39, 0.29) is 5.54 Å². The van der Waals surface area contributed by atoms with E-state index in [2.05, 4.69) is 56.1 Å². The lowest BCUT2D eigenvalue weighted by molar-refractivity contribution is 0.209. The monoisotopic (exact) mass is 257 g/mol. The second-order valence-corrected chi connectivity index (χ2v) is 6.25. The van der Waals surface area contributed by atoms with Gasteiger partial charge in [0.25, 0.3) is 0 Å². The first-order valence-corrected chi connectivity index (χ1v) is 7.58. The van der Waals surface area contributed by atoms with E-state index in [1.165, 1.54) is 43.2 Å². The molecule has 1 saturated carbocycles. The first-order chi connectivity index (χ1) is 9.11. The van der Waals surface area contributed by atoms with Crippen molar-refractivity contribution in [2.24, 2.45) is 0 Å². The summed E-state index contributed by atoms with van der Waals surface area (Å²) in [5.74, 6) is 0. The average molecular weight is 257 g/mol. The minimum atomic E-state index is 0.277. The number of hydrogen-bond acceptors (Lipinski definition) is 1. The van der Waals surface area contributed by atoms with Crippen LogP contribution >= 0.6 is 0 Å². The Morgan fingerprint density at radius 1 is 1.21 bits per heavy atom. The Bertz CT molecular complexity index is 401. The second-order valence-electron chi connectivity index (χ2n) is 6.25. The van der Waals surface area contributed by atoms with Crippen LogP contribution in [-0.4, -0.2) is 5.54 Å². The predicted octanol–water partition coefficient (Wildman–Crippen LogP) is 5.01. The Morgan fingerprint density at radius 3 is 2.42 bits per heavy atom. The third kappa shape index (κ3) is 3.94. The maximum atomic E-state index is 4.13. The Morgan fingerprint density at radius 2 is 1.84 bits per heavy atom. The van der Waals surface area contributed by atoms with Crippen molar-refractivity contribution >= 4 is 0 Å². The van der Waals surface area contributed by atoms with E-state index in [4.69, 9.17) is 0 Å². The van der Waals surface area contributed by atoms with E-state index in [9.17, 15) is 0 Å². The Kier molecular flexibility index (Phi) is 4.81. The van der Waals surface area contributed by atoms with E-state index in [1.807, 2.05) is 0 Å². The Hall–Kier alpha value is -1.08. The molecule has 0 aliphatic heterocycles. The van der Waals surface area contributed by atoms with Gasteiger partial charge in [-0.1, -0.05) is 55.2 Å². The van der Waals surface area contributed by atoms with Crippen LogP contribution in [0.2, 0.25) is 0 Å². The quantitative estimate of drug-likeness (QED) is 0.731. The van der Waals surface area contributed by atoms with Crippen LogP contribution in [0.1, 0.15) is 64.0 Å². The molecule has 1 unspecified atom stereocenters. The molecule has 1 aromatic carbocycles. The standard InChI is InChI=1S/C18H27N/c1-15(2)14-18(12-8-5-9-13-18)19-16(3)17-10-6-4-7-11-17/h4,6-7,10-11,16,19H,1,5,8-9,12-14H2,2-3H3. The zero-order valence-electron chi connectivity index (χ0n) is 12.4. The molecule has 1 nitrogen and oxygen atoms in total. The fraction of sp³-hybridized carbons (Fsp3) is 0.556. The van der Waals surface area contributed by atoms with Gasteiger partial charge in [-0.3, -0.25) is 0 Å². The highest BCUT2D eigenvalue weighted by Gasteiger charge is 2.32. The molecule has 1 N–H and O–H groups in total. The normalized spacial score (nSPS) is 19.9. The second kappa shape index (κ2) is 6.38. The Balaban J connectivity index is 2.09. The van der Waals surface area contributed by atoms with E-state index in [0.717, 1.165) is 6.42 Å². The van der Waals surface area contributed by atoms with Gasteiger partial charge in [0.2, 0.25) is 0 Å². The van der Waals surface area contributed by atoms with Crippen molar-refractivity contribution in [2.75, 3.05) is 0 Å². The molecule has 0 spiro atoms. The SMILES string of the molecule is C=C(C)CC1(NC(C)c2ccccc2)CCCCC1. The number of nitrogens with one attached hydrogen (secondary N) is 1. The van der Waals surface area contributed by atoms with Gasteiger partial charge in [0.05, 0.1) is 0 Å². The van der Waals surface area contributed by atoms with Crippen molar-refractivity contribution in [3.8, 4) is 0 Å². The molecule has 1 aliphatic rings. The maximum Gasteiger partial charge on any atom is 0.0297 e. The highest BCUT2D eigenvalue weighted by Crippen LogP contribution is 2.35. The molecule has 0 saturated heterocycles. The van der Waals surface area contributed by atoms with E-state index in [0.29, 0.717) is 6.04 Å². The lowest BCUT2D eigenvalue weighted by atomic mass is 9.77. The fourth-order valence-electron chi connectivity index (χ4n) is 3.46. The molecule has 0 heterocycles. The van der Waals surface area contributed by atoms with Crippen molar-refractivity contribution < 1.29 is 0 Å². The Labute approximate surface area is 118 Å². The first-order valence-electron chi connectivity index (χ1n) is 7.58. The molecule has 2 rings (SSSR count). The summed E-state index contributed by atoms with van der Waals surface area (Å²) in [6.07, 6.45) is 7.78. The van der Waals surface area contributed by atoms with Crippen LogP contribution in [0.4, 0.5) is 0 Å². The highest BCUT2D eigenvalue weighted by molar-refractivity contribution is 5.19. The van der Waals surface area contributed by atoms with Crippen molar-refractivity contribution in [1.82, 2.24) is 5.32 Å². The van der Waals surface area contributed by atoms with Crippen LogP contribution in [0.25, 0.3) is 0 Å². The predicted molar refractivity (Wildman–Crippen MR) is 83.2 cm³/mol. The first kappa shape index (κ1) is 14.3. The van der Waals surface area contributed by atoms with E-state index < -0.39 is 0 Å². The van der Waals surface area contributed by atoms with Gasteiger partial charge in [-0.2, -0.15) is 0 Å². The zero-order chi connectivity index (χ0) is 13.7. The minimum Gasteiger partial charge on any atom is -0.304 e. The van der Waals surface area contributed by atoms with E-state index >= 15 is 0 Å². The van der Waals surface area contributed by atoms with Gasteiger partial charge >= 0.3 is 0 Å². The molecule has 0 amide bonds. The number of rotatable bonds is 5. The maximum absolute atomic E-state index is 4.13. The van der Waals surface area contributed by atoms with Crippen LogP contribution in [0.15, 0.2) is 42.5 Å². The van der Waals surface area contributed by atoms with E-state index in [1.54, 1.807) is 0 Å². The molecule has 1 aromatic rings. The summed E-state index contributed by atoms with van der Waals surface area (Å²) in [4.78, 5) is 0. The average Bonchev–Trinajstić information content (AvgIpc) is 2.39. The summed E-state index contributed by atoms with van der Waals surface area (Å²) in [5, 5.41) is 3.92. The van der Waals surface area contributed by atoms with Gasteiger partial charge in [-0.15, -0.1) is 6.58 Å². The summed E-state index contributed by atoms with van der Waals surface area (Å²) in [7, 11) is 0. The fourth-order valence-corrected chi connectivity index (χ4v) is 3.46. The summed E-state index contributed by atoms with van der Waals surface area (Å²) < 4.78 is 0. The lowest BCUT2D eigenvalue weighted by Gasteiger charge is -2.41. The summed E-state index contributed by atoms with van der Waals surface area (Å²) in [5.41, 5.74) is 2.96. The van der Waals surface area contributed by atoms with Gasteiger partial charge < -0.3 is 5.32 Å². The summed E-state index contributed by atoms with van der Waals surface area (Å²) in [6, 6.07) is 11.2. The zero-order valence-corrected chi connectivity index (χ0v) is 12.4. The van der Waals surface area contributed by atoms with Crippen LogP contribution < -0.4 is 5.32 Å². The van der Waals surface area contributed by atoms with Gasteiger partial charge in [-0.05, 0) is 38.7 Å². The smallest absolute Gasteiger partial charge is 0.0297 e. The molecule has 104 valence electrons. The van der Waals surface area contributed by atoms with Gasteiger partial charge in [0, 0.05) is 11.6 Å². The molecule has 19 heavy (non-hydrogen) atoms. The largest absolute Gasteiger partial charge is 0.304 e. The summed E-state index contributed by atoms with van der Waals surface area (Å²) >= 11 is 0. The molecule has 1 atom stereocenters. The third-order valence-electron chi connectivity index (χ3n) is 4.27. The van der Waals surface area contributed by atoms with Crippen LogP contribution in [0.3, 0.4) is 0 Å². The van der Waals surface area contributed by atoms with Crippen LogP contribution in [-0.2, 0) is 0 Å². The highest BCUT2D eigenvalue weighted by atomic mass is 15.0. The van der Waals surface area contributed by atoms with Gasteiger partial charge in [0.15, 0.2) is 0 Å². The molecule has 0 bridgehead atoms. The summed E-state index contributed by atoms with van der Waals surface area (Å²) in [6.45, 7) is 8.57. The van der Waals surface area contributed by atoms with Gasteiger partial charge in [-0.25, -0.2) is 0 Å². The van der Waals surface area contributed by atoms with Crippen LogP contribution in [0, 0.1) is 0 Å². The third-order valence-corrected chi connectivity index (χ3v) is 4.27. The molecule has 1 heteroatoms. The molecule has 1 fully saturated rings. The van der Waals surface area contributed by atoms with Crippen molar-refractivity contribution in [3.63, 3.8) is 0 Å². The van der Waals surface area contributed by atoms with Crippen molar-refractivity contribution in [3.05, 3.63) is 48.0 Å².